The van der Waals surface area contributed by atoms with Crippen molar-refractivity contribution in [3.05, 3.63) is 22.3 Å². The zero-order valence-corrected chi connectivity index (χ0v) is 12.4. The van der Waals surface area contributed by atoms with Gasteiger partial charge < -0.3 is 4.90 Å². The summed E-state index contributed by atoms with van der Waals surface area (Å²) in [6, 6.07) is 2.78. The van der Waals surface area contributed by atoms with Gasteiger partial charge in [0.05, 0.1) is 0 Å². The molecule has 2 heterocycles. The monoisotopic (exact) mass is 297 g/mol. The van der Waals surface area contributed by atoms with Crippen molar-refractivity contribution < 1.29 is 0 Å². The van der Waals surface area contributed by atoms with E-state index in [1.807, 2.05) is 6.20 Å². The van der Waals surface area contributed by atoms with Crippen molar-refractivity contribution in [1.82, 2.24) is 9.88 Å². The van der Waals surface area contributed by atoms with Crippen LogP contribution in [0.4, 0.5) is 5.82 Å². The lowest BCUT2D eigenvalue weighted by molar-refractivity contribution is 0.199. The lowest BCUT2D eigenvalue weighted by Gasteiger charge is -2.40. The summed E-state index contributed by atoms with van der Waals surface area (Å²) in [6.07, 6.45) is 1.90. The number of likely N-dealkylation sites (N-methyl/N-ethyl adjacent to an activating group) is 1. The molecular formula is C13H20BrN3. The standard InChI is InChI=1S/C13H20BrN3/c1-4-16-5-6-17(9-11(16)3)13-7-10(2)12(14)8-15-13/h7-8,11H,4-6,9H2,1-3H3. The van der Waals surface area contributed by atoms with E-state index in [1.165, 1.54) is 5.56 Å². The molecule has 1 unspecified atom stereocenters. The smallest absolute Gasteiger partial charge is 0.128 e. The normalized spacial score (nSPS) is 21.9. The summed E-state index contributed by atoms with van der Waals surface area (Å²) >= 11 is 3.50. The van der Waals surface area contributed by atoms with E-state index in [0.717, 1.165) is 36.5 Å². The number of aryl methyl sites for hydroxylation is 1. The molecule has 2 rings (SSSR count). The van der Waals surface area contributed by atoms with Crippen molar-refractivity contribution in [2.24, 2.45) is 0 Å². The number of rotatable bonds is 2. The third kappa shape index (κ3) is 2.80. The summed E-state index contributed by atoms with van der Waals surface area (Å²) in [5.74, 6) is 1.10. The largest absolute Gasteiger partial charge is 0.354 e. The minimum absolute atomic E-state index is 0.611. The van der Waals surface area contributed by atoms with Crippen LogP contribution in [0.15, 0.2) is 16.7 Å². The van der Waals surface area contributed by atoms with Crippen LogP contribution in [0, 0.1) is 6.92 Å². The first-order chi connectivity index (χ1) is 8.11. The third-order valence-corrected chi connectivity index (χ3v) is 4.36. The lowest BCUT2D eigenvalue weighted by atomic mass is 10.2. The molecule has 3 nitrogen and oxygen atoms in total. The molecule has 1 aliphatic rings. The van der Waals surface area contributed by atoms with E-state index in [1.54, 1.807) is 0 Å². The lowest BCUT2D eigenvalue weighted by Crippen LogP contribution is -2.52. The fourth-order valence-electron chi connectivity index (χ4n) is 2.37. The van der Waals surface area contributed by atoms with Gasteiger partial charge in [0.1, 0.15) is 5.82 Å². The van der Waals surface area contributed by atoms with Crippen molar-refractivity contribution in [2.45, 2.75) is 26.8 Å². The fourth-order valence-corrected chi connectivity index (χ4v) is 2.59. The molecule has 1 aliphatic heterocycles. The summed E-state index contributed by atoms with van der Waals surface area (Å²) in [5.41, 5.74) is 1.25. The Labute approximate surface area is 112 Å². The molecule has 0 aliphatic carbocycles. The minimum atomic E-state index is 0.611. The van der Waals surface area contributed by atoms with Gasteiger partial charge >= 0.3 is 0 Å². The van der Waals surface area contributed by atoms with Crippen LogP contribution < -0.4 is 4.90 Å². The van der Waals surface area contributed by atoms with Crippen molar-refractivity contribution in [1.29, 1.82) is 0 Å². The second kappa shape index (κ2) is 5.36. The number of piperazine rings is 1. The Morgan fingerprint density at radius 3 is 2.82 bits per heavy atom. The number of aromatic nitrogens is 1. The number of pyridine rings is 1. The van der Waals surface area contributed by atoms with Crippen LogP contribution in [-0.4, -0.2) is 42.1 Å². The summed E-state index contributed by atoms with van der Waals surface area (Å²) in [7, 11) is 0. The van der Waals surface area contributed by atoms with E-state index >= 15 is 0 Å². The van der Waals surface area contributed by atoms with Gasteiger partial charge in [0.25, 0.3) is 0 Å². The highest BCUT2D eigenvalue weighted by atomic mass is 79.9. The predicted octanol–water partition coefficient (Wildman–Crippen LogP) is 2.68. The Hall–Kier alpha value is -0.610. The van der Waals surface area contributed by atoms with Crippen LogP contribution in [0.1, 0.15) is 19.4 Å². The molecule has 0 spiro atoms. The predicted molar refractivity (Wildman–Crippen MR) is 75.6 cm³/mol. The zero-order valence-electron chi connectivity index (χ0n) is 10.8. The Kier molecular flexibility index (Phi) is 4.05. The quantitative estimate of drug-likeness (QED) is 0.837. The van der Waals surface area contributed by atoms with Gasteiger partial charge in [-0.15, -0.1) is 0 Å². The van der Waals surface area contributed by atoms with E-state index in [2.05, 4.69) is 57.6 Å². The topological polar surface area (TPSA) is 19.4 Å². The maximum atomic E-state index is 4.51. The molecule has 1 fully saturated rings. The maximum absolute atomic E-state index is 4.51. The highest BCUT2D eigenvalue weighted by Crippen LogP contribution is 2.22. The molecule has 0 radical (unpaired) electrons. The van der Waals surface area contributed by atoms with Gasteiger partial charge in [-0.1, -0.05) is 6.92 Å². The average molecular weight is 298 g/mol. The first kappa shape index (κ1) is 12.8. The van der Waals surface area contributed by atoms with Crippen LogP contribution in [0.5, 0.6) is 0 Å². The van der Waals surface area contributed by atoms with Gasteiger partial charge in [-0.25, -0.2) is 4.98 Å². The van der Waals surface area contributed by atoms with Crippen molar-refractivity contribution in [3.8, 4) is 0 Å². The van der Waals surface area contributed by atoms with E-state index in [-0.39, 0.29) is 0 Å². The first-order valence-electron chi connectivity index (χ1n) is 6.23. The molecule has 1 aromatic heterocycles. The summed E-state index contributed by atoms with van der Waals surface area (Å²) in [4.78, 5) is 9.41. The molecule has 94 valence electrons. The van der Waals surface area contributed by atoms with Gasteiger partial charge in [0, 0.05) is 36.3 Å². The van der Waals surface area contributed by atoms with E-state index in [9.17, 15) is 0 Å². The van der Waals surface area contributed by atoms with Gasteiger partial charge in [-0.3, -0.25) is 4.90 Å². The molecule has 1 atom stereocenters. The summed E-state index contributed by atoms with van der Waals surface area (Å²) < 4.78 is 1.08. The number of hydrogen-bond donors (Lipinski definition) is 0. The van der Waals surface area contributed by atoms with Crippen LogP contribution in [0.25, 0.3) is 0 Å². The van der Waals surface area contributed by atoms with Crippen molar-refractivity contribution >= 4 is 21.7 Å². The molecular weight excluding hydrogens is 278 g/mol. The molecule has 0 amide bonds. The molecule has 0 saturated carbocycles. The molecule has 1 saturated heterocycles. The summed E-state index contributed by atoms with van der Waals surface area (Å²) in [6.45, 7) is 11.1. The van der Waals surface area contributed by atoms with E-state index < -0.39 is 0 Å². The summed E-state index contributed by atoms with van der Waals surface area (Å²) in [5, 5.41) is 0. The van der Waals surface area contributed by atoms with Gasteiger partial charge in [-0.2, -0.15) is 0 Å². The first-order valence-corrected chi connectivity index (χ1v) is 7.02. The molecule has 0 bridgehead atoms. The molecule has 4 heteroatoms. The van der Waals surface area contributed by atoms with Crippen LogP contribution >= 0.6 is 15.9 Å². The van der Waals surface area contributed by atoms with Crippen LogP contribution in [0.2, 0.25) is 0 Å². The Balaban J connectivity index is 2.11. The Morgan fingerprint density at radius 2 is 2.24 bits per heavy atom. The molecule has 0 N–H and O–H groups in total. The SMILES string of the molecule is CCN1CCN(c2cc(C)c(Br)cn2)CC1C. The molecule has 0 aromatic carbocycles. The Bertz CT molecular complexity index is 394. The third-order valence-electron chi connectivity index (χ3n) is 3.53. The second-order valence-electron chi connectivity index (χ2n) is 4.72. The highest BCUT2D eigenvalue weighted by Gasteiger charge is 2.23. The molecule has 17 heavy (non-hydrogen) atoms. The van der Waals surface area contributed by atoms with Gasteiger partial charge in [0.15, 0.2) is 0 Å². The van der Waals surface area contributed by atoms with E-state index in [0.29, 0.717) is 6.04 Å². The highest BCUT2D eigenvalue weighted by molar-refractivity contribution is 9.10. The zero-order chi connectivity index (χ0) is 12.4. The molecule has 1 aromatic rings. The number of halogens is 1. The number of anilines is 1. The van der Waals surface area contributed by atoms with Crippen LogP contribution in [-0.2, 0) is 0 Å². The number of hydrogen-bond acceptors (Lipinski definition) is 3. The van der Waals surface area contributed by atoms with Gasteiger partial charge in [-0.05, 0) is 48.0 Å². The fraction of sp³-hybridized carbons (Fsp3) is 0.615. The van der Waals surface area contributed by atoms with Gasteiger partial charge in [0.2, 0.25) is 0 Å². The van der Waals surface area contributed by atoms with Crippen LogP contribution in [0.3, 0.4) is 0 Å². The second-order valence-corrected chi connectivity index (χ2v) is 5.57. The number of nitrogens with zero attached hydrogens (tertiary/aromatic N) is 3. The van der Waals surface area contributed by atoms with E-state index in [4.69, 9.17) is 0 Å². The van der Waals surface area contributed by atoms with Crippen molar-refractivity contribution in [3.63, 3.8) is 0 Å². The minimum Gasteiger partial charge on any atom is -0.354 e. The maximum Gasteiger partial charge on any atom is 0.128 e. The Morgan fingerprint density at radius 1 is 1.47 bits per heavy atom. The van der Waals surface area contributed by atoms with Crippen molar-refractivity contribution in [2.75, 3.05) is 31.1 Å². The average Bonchev–Trinajstić information content (AvgIpc) is 2.32.